The van der Waals surface area contributed by atoms with E-state index in [4.69, 9.17) is 11.6 Å². The fraction of sp³-hybridized carbons (Fsp3) is 0.208. The second-order valence-electron chi connectivity index (χ2n) is 6.94. The summed E-state index contributed by atoms with van der Waals surface area (Å²) in [5, 5.41) is 7.71. The third-order valence-corrected chi connectivity index (χ3v) is 5.13. The highest BCUT2D eigenvalue weighted by atomic mass is 35.5. The number of rotatable bonds is 4. The van der Waals surface area contributed by atoms with E-state index in [0.29, 0.717) is 6.04 Å². The largest absolute Gasteiger partial charge is 0.383 e. The monoisotopic (exact) mass is 387 g/mol. The zero-order valence-electron chi connectivity index (χ0n) is 15.6. The Labute approximate surface area is 171 Å². The molecule has 140 valence electrons. The van der Waals surface area contributed by atoms with Crippen LogP contribution in [0.15, 0.2) is 66.9 Å². The van der Waals surface area contributed by atoms with Crippen molar-refractivity contribution in [2.24, 2.45) is 0 Å². The molecule has 0 bridgehead atoms. The molecule has 1 atom stereocenters. The molecule has 1 saturated heterocycles. The number of nitrogens with zero attached hydrogens (tertiary/aromatic N) is 1. The molecule has 4 heteroatoms. The molecule has 1 fully saturated rings. The Morgan fingerprint density at radius 3 is 2.43 bits per heavy atom. The van der Waals surface area contributed by atoms with Crippen LogP contribution in [0.25, 0.3) is 11.1 Å². The minimum Gasteiger partial charge on any atom is -0.383 e. The van der Waals surface area contributed by atoms with E-state index in [2.05, 4.69) is 39.6 Å². The number of anilines is 1. The average molecular weight is 388 g/mol. The molecule has 3 aromatic rings. The molecular weight excluding hydrogens is 366 g/mol. The van der Waals surface area contributed by atoms with Gasteiger partial charge >= 0.3 is 0 Å². The Hall–Kier alpha value is -2.80. The van der Waals surface area contributed by atoms with Gasteiger partial charge < -0.3 is 10.6 Å². The van der Waals surface area contributed by atoms with E-state index in [-0.39, 0.29) is 0 Å². The molecule has 0 aliphatic carbocycles. The average Bonchev–Trinajstić information content (AvgIpc) is 3.26. The molecule has 0 radical (unpaired) electrons. The molecular formula is C24H22ClN3. The third kappa shape index (κ3) is 4.92. The van der Waals surface area contributed by atoms with Crippen LogP contribution in [0, 0.1) is 11.8 Å². The molecule has 0 unspecified atom stereocenters. The van der Waals surface area contributed by atoms with Gasteiger partial charge in [-0.15, -0.1) is 0 Å². The van der Waals surface area contributed by atoms with Gasteiger partial charge in [0.15, 0.2) is 0 Å². The lowest BCUT2D eigenvalue weighted by Crippen LogP contribution is -2.29. The smallest absolute Gasteiger partial charge is 0.113 e. The highest BCUT2D eigenvalue weighted by Gasteiger charge is 2.12. The molecule has 28 heavy (non-hydrogen) atoms. The van der Waals surface area contributed by atoms with Gasteiger partial charge in [0.1, 0.15) is 5.69 Å². The van der Waals surface area contributed by atoms with Crippen molar-refractivity contribution < 1.29 is 0 Å². The SMILES string of the molecule is Clc1ccc(-c2ccc(C#Cc3ccc(NC[C@@H]4CCCN4)cc3)nc2)cc1. The topological polar surface area (TPSA) is 37.0 Å². The molecule has 1 aliphatic heterocycles. The minimum absolute atomic E-state index is 0.585. The fourth-order valence-electron chi connectivity index (χ4n) is 3.26. The quantitative estimate of drug-likeness (QED) is 0.621. The van der Waals surface area contributed by atoms with E-state index in [1.54, 1.807) is 0 Å². The van der Waals surface area contributed by atoms with Crippen molar-refractivity contribution in [3.63, 3.8) is 0 Å². The van der Waals surface area contributed by atoms with E-state index in [1.165, 1.54) is 12.8 Å². The number of nitrogens with one attached hydrogen (secondary N) is 2. The maximum atomic E-state index is 5.94. The summed E-state index contributed by atoms with van der Waals surface area (Å²) >= 11 is 5.94. The van der Waals surface area contributed by atoms with Crippen LogP contribution >= 0.6 is 11.6 Å². The predicted molar refractivity (Wildman–Crippen MR) is 117 cm³/mol. The summed E-state index contributed by atoms with van der Waals surface area (Å²) < 4.78 is 0. The summed E-state index contributed by atoms with van der Waals surface area (Å²) in [4.78, 5) is 4.46. The number of hydrogen-bond acceptors (Lipinski definition) is 3. The number of pyridine rings is 1. The van der Waals surface area contributed by atoms with Crippen LogP contribution in [-0.4, -0.2) is 24.1 Å². The first kappa shape index (κ1) is 18.6. The van der Waals surface area contributed by atoms with Crippen LogP contribution in [0.2, 0.25) is 5.02 Å². The van der Waals surface area contributed by atoms with Crippen LogP contribution in [0.3, 0.4) is 0 Å². The summed E-state index contributed by atoms with van der Waals surface area (Å²) in [6, 6.07) is 20.5. The van der Waals surface area contributed by atoms with Crippen molar-refractivity contribution in [3.8, 4) is 23.0 Å². The molecule has 0 saturated carbocycles. The molecule has 2 aromatic carbocycles. The van der Waals surface area contributed by atoms with Crippen LogP contribution in [0.5, 0.6) is 0 Å². The number of halogens is 1. The second kappa shape index (κ2) is 8.93. The molecule has 0 spiro atoms. The molecule has 2 N–H and O–H groups in total. The van der Waals surface area contributed by atoms with Crippen LogP contribution in [-0.2, 0) is 0 Å². The first-order valence-electron chi connectivity index (χ1n) is 9.58. The van der Waals surface area contributed by atoms with E-state index >= 15 is 0 Å². The first-order chi connectivity index (χ1) is 13.8. The van der Waals surface area contributed by atoms with Crippen molar-refractivity contribution in [1.29, 1.82) is 0 Å². The lowest BCUT2D eigenvalue weighted by atomic mass is 10.1. The highest BCUT2D eigenvalue weighted by Crippen LogP contribution is 2.20. The molecule has 2 heterocycles. The van der Waals surface area contributed by atoms with Gasteiger partial charge in [0.05, 0.1) is 0 Å². The Bertz CT molecular complexity index is 962. The van der Waals surface area contributed by atoms with Gasteiger partial charge in [-0.1, -0.05) is 35.7 Å². The second-order valence-corrected chi connectivity index (χ2v) is 7.38. The van der Waals surface area contributed by atoms with Crippen LogP contribution < -0.4 is 10.6 Å². The van der Waals surface area contributed by atoms with E-state index in [1.807, 2.05) is 54.7 Å². The molecule has 1 aliphatic rings. The Balaban J connectivity index is 1.37. The summed E-state index contributed by atoms with van der Waals surface area (Å²) in [5.74, 6) is 6.31. The normalized spacial score (nSPS) is 15.7. The Kier molecular flexibility index (Phi) is 5.92. The van der Waals surface area contributed by atoms with E-state index in [9.17, 15) is 0 Å². The maximum absolute atomic E-state index is 5.94. The van der Waals surface area contributed by atoms with E-state index < -0.39 is 0 Å². The highest BCUT2D eigenvalue weighted by molar-refractivity contribution is 6.30. The maximum Gasteiger partial charge on any atom is 0.113 e. The van der Waals surface area contributed by atoms with Crippen molar-refractivity contribution in [2.45, 2.75) is 18.9 Å². The number of aromatic nitrogens is 1. The zero-order valence-corrected chi connectivity index (χ0v) is 16.3. The van der Waals surface area contributed by atoms with Crippen molar-refractivity contribution >= 4 is 17.3 Å². The van der Waals surface area contributed by atoms with Crippen molar-refractivity contribution in [2.75, 3.05) is 18.4 Å². The molecule has 3 nitrogen and oxygen atoms in total. The summed E-state index contributed by atoms with van der Waals surface area (Å²) in [7, 11) is 0. The van der Waals surface area contributed by atoms with Gasteiger partial charge in [0, 0.05) is 40.6 Å². The molecule has 1 aromatic heterocycles. The number of hydrogen-bond donors (Lipinski definition) is 2. The lowest BCUT2D eigenvalue weighted by molar-refractivity contribution is 0.633. The van der Waals surface area contributed by atoms with Gasteiger partial charge in [-0.3, -0.25) is 0 Å². The standard InChI is InChI=1S/C24H22ClN3/c25-21-9-6-19(7-10-21)20-8-14-23(27-16-20)13-5-18-3-11-22(12-4-18)28-17-24-2-1-15-26-24/h3-4,6-12,14,16,24,26,28H,1-2,15,17H2/t24-/m0/s1. The molecule has 4 rings (SSSR count). The summed E-state index contributed by atoms with van der Waals surface area (Å²) in [6.07, 6.45) is 4.37. The van der Waals surface area contributed by atoms with Crippen molar-refractivity contribution in [3.05, 3.63) is 83.1 Å². The summed E-state index contributed by atoms with van der Waals surface area (Å²) in [5.41, 5.74) is 5.01. The Morgan fingerprint density at radius 1 is 0.964 bits per heavy atom. The predicted octanol–water partition coefficient (Wildman–Crippen LogP) is 4.97. The van der Waals surface area contributed by atoms with Crippen LogP contribution in [0.4, 0.5) is 5.69 Å². The van der Waals surface area contributed by atoms with E-state index in [0.717, 1.165) is 46.2 Å². The Morgan fingerprint density at radius 2 is 1.75 bits per heavy atom. The third-order valence-electron chi connectivity index (χ3n) is 4.88. The fourth-order valence-corrected chi connectivity index (χ4v) is 3.39. The minimum atomic E-state index is 0.585. The van der Waals surface area contributed by atoms with Gasteiger partial charge in [-0.25, -0.2) is 4.98 Å². The first-order valence-corrected chi connectivity index (χ1v) is 9.95. The van der Waals surface area contributed by atoms with Gasteiger partial charge in [-0.05, 0) is 73.3 Å². The van der Waals surface area contributed by atoms with Gasteiger partial charge in [0.2, 0.25) is 0 Å². The summed E-state index contributed by atoms with van der Waals surface area (Å²) in [6.45, 7) is 2.10. The van der Waals surface area contributed by atoms with Crippen molar-refractivity contribution in [1.82, 2.24) is 10.3 Å². The zero-order chi connectivity index (χ0) is 19.2. The molecule has 0 amide bonds. The van der Waals surface area contributed by atoms with Gasteiger partial charge in [-0.2, -0.15) is 0 Å². The lowest BCUT2D eigenvalue weighted by Gasteiger charge is -2.12. The number of benzene rings is 2. The van der Waals surface area contributed by atoms with Gasteiger partial charge in [0.25, 0.3) is 0 Å². The van der Waals surface area contributed by atoms with Crippen LogP contribution in [0.1, 0.15) is 24.1 Å².